The quantitative estimate of drug-likeness (QED) is 0.735. The van der Waals surface area contributed by atoms with Crippen molar-refractivity contribution >= 4 is 11.9 Å². The molecule has 2 atom stereocenters. The molecule has 1 aromatic carbocycles. The molecule has 5 nitrogen and oxygen atoms in total. The standard InChI is InChI=1S/C14H19NO4/c1-8-4-5-9(2)11(6-8)7-12(17)15-13(10(3)16)14(18)19/h4-6,10,13,16H,7H2,1-3H3,(H,15,17)(H,18,19). The molecule has 5 heteroatoms. The number of hydrogen-bond donors (Lipinski definition) is 3. The number of carbonyl (C=O) groups is 2. The molecule has 3 N–H and O–H groups in total. The predicted octanol–water partition coefficient (Wildman–Crippen LogP) is 0.796. The van der Waals surface area contributed by atoms with Gasteiger partial charge in [0.2, 0.25) is 5.91 Å². The van der Waals surface area contributed by atoms with E-state index >= 15 is 0 Å². The Morgan fingerprint density at radius 3 is 2.47 bits per heavy atom. The zero-order valence-corrected chi connectivity index (χ0v) is 11.3. The molecule has 19 heavy (non-hydrogen) atoms. The van der Waals surface area contributed by atoms with Crippen LogP contribution in [0.2, 0.25) is 0 Å². The van der Waals surface area contributed by atoms with Crippen molar-refractivity contribution in [3.8, 4) is 0 Å². The zero-order chi connectivity index (χ0) is 14.6. The Bertz CT molecular complexity index is 482. The fourth-order valence-electron chi connectivity index (χ4n) is 1.78. The summed E-state index contributed by atoms with van der Waals surface area (Å²) in [6, 6.07) is 4.48. The van der Waals surface area contributed by atoms with E-state index in [1.165, 1.54) is 6.92 Å². The summed E-state index contributed by atoms with van der Waals surface area (Å²) in [6.45, 7) is 5.15. The maximum absolute atomic E-state index is 11.8. The van der Waals surface area contributed by atoms with Crippen LogP contribution in [0.3, 0.4) is 0 Å². The van der Waals surface area contributed by atoms with Gasteiger partial charge in [-0.1, -0.05) is 23.8 Å². The van der Waals surface area contributed by atoms with E-state index in [0.717, 1.165) is 16.7 Å². The van der Waals surface area contributed by atoms with Crippen LogP contribution in [0.15, 0.2) is 18.2 Å². The first kappa shape index (κ1) is 15.2. The van der Waals surface area contributed by atoms with Crippen molar-refractivity contribution < 1.29 is 19.8 Å². The summed E-state index contributed by atoms with van der Waals surface area (Å²) in [5, 5.41) is 20.5. The molecule has 0 bridgehead atoms. The molecule has 0 aliphatic heterocycles. The van der Waals surface area contributed by atoms with E-state index in [0.29, 0.717) is 0 Å². The van der Waals surface area contributed by atoms with Crippen molar-refractivity contribution in [2.24, 2.45) is 0 Å². The Balaban J connectivity index is 2.74. The fraction of sp³-hybridized carbons (Fsp3) is 0.429. The number of aliphatic hydroxyl groups is 1. The van der Waals surface area contributed by atoms with E-state index in [1.807, 2.05) is 32.0 Å². The predicted molar refractivity (Wildman–Crippen MR) is 70.9 cm³/mol. The van der Waals surface area contributed by atoms with Crippen molar-refractivity contribution in [2.75, 3.05) is 0 Å². The van der Waals surface area contributed by atoms with Crippen LogP contribution in [0, 0.1) is 13.8 Å². The molecular formula is C14H19NO4. The summed E-state index contributed by atoms with van der Waals surface area (Å²) in [7, 11) is 0. The first-order valence-electron chi connectivity index (χ1n) is 6.07. The van der Waals surface area contributed by atoms with Gasteiger partial charge in [0.05, 0.1) is 12.5 Å². The molecule has 2 unspecified atom stereocenters. The second kappa shape index (κ2) is 6.33. The normalized spacial score (nSPS) is 13.7. The number of carboxylic acids is 1. The third-order valence-electron chi connectivity index (χ3n) is 2.92. The van der Waals surface area contributed by atoms with Gasteiger partial charge in [-0.3, -0.25) is 4.79 Å². The summed E-state index contributed by atoms with van der Waals surface area (Å²) in [5.41, 5.74) is 2.87. The van der Waals surface area contributed by atoms with Crippen molar-refractivity contribution in [1.82, 2.24) is 5.32 Å². The SMILES string of the molecule is Cc1ccc(C)c(CC(=O)NC(C(=O)O)C(C)O)c1. The monoisotopic (exact) mass is 265 g/mol. The molecule has 0 aliphatic carbocycles. The molecule has 0 saturated heterocycles. The van der Waals surface area contributed by atoms with Gasteiger partial charge in [0, 0.05) is 0 Å². The Morgan fingerprint density at radius 1 is 1.32 bits per heavy atom. The van der Waals surface area contributed by atoms with Gasteiger partial charge in [-0.15, -0.1) is 0 Å². The van der Waals surface area contributed by atoms with Crippen LogP contribution in [0.4, 0.5) is 0 Å². The molecule has 0 heterocycles. The molecule has 0 aromatic heterocycles. The van der Waals surface area contributed by atoms with Crippen molar-refractivity contribution in [3.05, 3.63) is 34.9 Å². The van der Waals surface area contributed by atoms with Crippen molar-refractivity contribution in [3.63, 3.8) is 0 Å². The average molecular weight is 265 g/mol. The number of aryl methyl sites for hydroxylation is 2. The zero-order valence-electron chi connectivity index (χ0n) is 11.3. The molecule has 1 rings (SSSR count). The Kier molecular flexibility index (Phi) is 5.06. The lowest BCUT2D eigenvalue weighted by molar-refractivity contribution is -0.144. The Morgan fingerprint density at radius 2 is 1.95 bits per heavy atom. The van der Waals surface area contributed by atoms with Crippen molar-refractivity contribution in [2.45, 2.75) is 39.3 Å². The highest BCUT2D eigenvalue weighted by molar-refractivity contribution is 5.85. The number of hydrogen-bond acceptors (Lipinski definition) is 3. The number of rotatable bonds is 5. The van der Waals surface area contributed by atoms with Crippen LogP contribution in [0.5, 0.6) is 0 Å². The molecule has 104 valence electrons. The van der Waals surface area contributed by atoms with E-state index in [2.05, 4.69) is 5.32 Å². The summed E-state index contributed by atoms with van der Waals surface area (Å²) in [5.74, 6) is -1.66. The van der Waals surface area contributed by atoms with Crippen LogP contribution >= 0.6 is 0 Å². The van der Waals surface area contributed by atoms with E-state index in [-0.39, 0.29) is 6.42 Å². The van der Waals surface area contributed by atoms with Crippen molar-refractivity contribution in [1.29, 1.82) is 0 Å². The summed E-state index contributed by atoms with van der Waals surface area (Å²) in [4.78, 5) is 22.7. The lowest BCUT2D eigenvalue weighted by Crippen LogP contribution is -2.48. The lowest BCUT2D eigenvalue weighted by Gasteiger charge is -2.17. The van der Waals surface area contributed by atoms with Crippen LogP contribution in [0.25, 0.3) is 0 Å². The number of nitrogens with one attached hydrogen (secondary N) is 1. The van der Waals surface area contributed by atoms with Gasteiger partial charge in [-0.05, 0) is 31.9 Å². The molecule has 1 amide bonds. The Hall–Kier alpha value is -1.88. The highest BCUT2D eigenvalue weighted by atomic mass is 16.4. The van der Waals surface area contributed by atoms with Gasteiger partial charge in [-0.2, -0.15) is 0 Å². The number of benzene rings is 1. The van der Waals surface area contributed by atoms with Gasteiger partial charge in [0.25, 0.3) is 0 Å². The van der Waals surface area contributed by atoms with Crippen LogP contribution in [0.1, 0.15) is 23.6 Å². The highest BCUT2D eigenvalue weighted by Crippen LogP contribution is 2.11. The third kappa shape index (κ3) is 4.37. The van der Waals surface area contributed by atoms with Crippen LogP contribution < -0.4 is 5.32 Å². The molecule has 1 aromatic rings. The summed E-state index contributed by atoms with van der Waals surface area (Å²) in [6.07, 6.45) is -1.04. The molecule has 0 aliphatic rings. The van der Waals surface area contributed by atoms with Gasteiger partial charge >= 0.3 is 5.97 Å². The second-order valence-corrected chi connectivity index (χ2v) is 4.73. The second-order valence-electron chi connectivity index (χ2n) is 4.73. The number of aliphatic carboxylic acids is 1. The molecule has 0 saturated carbocycles. The highest BCUT2D eigenvalue weighted by Gasteiger charge is 2.24. The fourth-order valence-corrected chi connectivity index (χ4v) is 1.78. The molecule has 0 spiro atoms. The van der Waals surface area contributed by atoms with E-state index in [1.54, 1.807) is 0 Å². The third-order valence-corrected chi connectivity index (χ3v) is 2.92. The Labute approximate surface area is 112 Å². The minimum Gasteiger partial charge on any atom is -0.480 e. The smallest absolute Gasteiger partial charge is 0.328 e. The van der Waals surface area contributed by atoms with E-state index < -0.39 is 24.0 Å². The number of amides is 1. The minimum absolute atomic E-state index is 0.101. The molecular weight excluding hydrogens is 246 g/mol. The van der Waals surface area contributed by atoms with Crippen LogP contribution in [-0.4, -0.2) is 34.2 Å². The first-order valence-corrected chi connectivity index (χ1v) is 6.07. The van der Waals surface area contributed by atoms with E-state index in [4.69, 9.17) is 5.11 Å². The topological polar surface area (TPSA) is 86.6 Å². The summed E-state index contributed by atoms with van der Waals surface area (Å²) >= 11 is 0. The number of carboxylic acid groups (broad SMARTS) is 1. The minimum atomic E-state index is -1.28. The summed E-state index contributed by atoms with van der Waals surface area (Å²) < 4.78 is 0. The molecule has 0 radical (unpaired) electrons. The average Bonchev–Trinajstić information content (AvgIpc) is 2.30. The van der Waals surface area contributed by atoms with E-state index in [9.17, 15) is 14.7 Å². The lowest BCUT2D eigenvalue weighted by atomic mass is 10.0. The molecule has 0 fully saturated rings. The largest absolute Gasteiger partial charge is 0.480 e. The van der Waals surface area contributed by atoms with Gasteiger partial charge in [0.15, 0.2) is 6.04 Å². The van der Waals surface area contributed by atoms with Gasteiger partial charge in [-0.25, -0.2) is 4.79 Å². The first-order chi connectivity index (χ1) is 8.81. The van der Waals surface area contributed by atoms with Crippen LogP contribution in [-0.2, 0) is 16.0 Å². The number of aliphatic hydroxyl groups excluding tert-OH is 1. The maximum Gasteiger partial charge on any atom is 0.328 e. The number of carbonyl (C=O) groups excluding carboxylic acids is 1. The maximum atomic E-state index is 11.8. The van der Waals surface area contributed by atoms with Gasteiger partial charge in [0.1, 0.15) is 0 Å². The van der Waals surface area contributed by atoms with Gasteiger partial charge < -0.3 is 15.5 Å².